The Bertz CT molecular complexity index is 794. The van der Waals surface area contributed by atoms with Gasteiger partial charge in [-0.3, -0.25) is 0 Å². The molecule has 3 aliphatic rings. The molecule has 0 unspecified atom stereocenters. The summed E-state index contributed by atoms with van der Waals surface area (Å²) in [5.41, 5.74) is 0. The number of hydrogen-bond acceptors (Lipinski definition) is 12. The number of nitrogens with zero attached hydrogens (tertiary/aromatic N) is 12. The normalized spacial score (nSPS) is 24.8. The Balaban J connectivity index is 1.97. The van der Waals surface area contributed by atoms with Crippen LogP contribution in [0.5, 0.6) is 0 Å². The molecular weight excluding hydrogens is 470 g/mol. The van der Waals surface area contributed by atoms with Crippen molar-refractivity contribution in [1.29, 1.82) is 0 Å². The van der Waals surface area contributed by atoms with Gasteiger partial charge in [0.15, 0.2) is 0 Å². The zero-order chi connectivity index (χ0) is 29.1. The van der Waals surface area contributed by atoms with Crippen LogP contribution in [0.3, 0.4) is 0 Å². The molecule has 3 heterocycles. The Hall–Kier alpha value is 0.104. The molecule has 0 radical (unpaired) electrons. The molecule has 0 amide bonds. The first-order valence-electron chi connectivity index (χ1n) is 14.1. The van der Waals surface area contributed by atoms with Crippen LogP contribution in [0.4, 0.5) is 0 Å². The molecule has 0 saturated carbocycles. The van der Waals surface area contributed by atoms with Crippen molar-refractivity contribution in [2.75, 3.05) is 91.6 Å². The lowest BCUT2D eigenvalue weighted by Gasteiger charge is -2.60. The second-order valence-electron chi connectivity index (χ2n) is 12.5. The van der Waals surface area contributed by atoms with Gasteiger partial charge < -0.3 is 56.8 Å². The van der Waals surface area contributed by atoms with Crippen molar-refractivity contribution < 1.29 is 0 Å². The average molecular weight is 521 g/mol. The van der Waals surface area contributed by atoms with E-state index in [-0.39, 0.29) is 42.6 Å². The lowest BCUT2D eigenvalue weighted by molar-refractivity contribution is 0.391. The van der Waals surface area contributed by atoms with E-state index in [1.54, 1.807) is 0 Å². The van der Waals surface area contributed by atoms with Crippen LogP contribution in [0, 0.1) is 0 Å². The topological polar surface area (TPSA) is 38.9 Å². The molecule has 0 bridgehead atoms. The molecular formula is C17H51B9N12. The molecule has 3 saturated heterocycles. The monoisotopic (exact) mass is 523 g/mol. The van der Waals surface area contributed by atoms with Crippen LogP contribution in [0.25, 0.3) is 0 Å². The van der Waals surface area contributed by atoms with Crippen molar-refractivity contribution in [3.05, 3.63) is 0 Å². The second kappa shape index (κ2) is 12.1. The minimum Gasteiger partial charge on any atom is -0.360 e. The van der Waals surface area contributed by atoms with Gasteiger partial charge >= 0.3 is 35.6 Å². The van der Waals surface area contributed by atoms with Crippen LogP contribution < -0.4 is 0 Å². The molecule has 0 aromatic carbocycles. The van der Waals surface area contributed by atoms with Crippen LogP contribution >= 0.6 is 0 Å². The van der Waals surface area contributed by atoms with Crippen LogP contribution in [-0.2, 0) is 0 Å². The summed E-state index contributed by atoms with van der Waals surface area (Å²) in [5.74, 6) is 0. The first-order valence-corrected chi connectivity index (χ1v) is 14.1. The van der Waals surface area contributed by atoms with Crippen molar-refractivity contribution in [3.8, 4) is 0 Å². The standard InChI is InChI=1S/C17H51B9N12/c1-18-28(7)19(2)31(10)23(30(18)9)36(15)25-33(12)21(4)34(13)26(38(25)17)37(16)24-32(11)20(3)29(8)22(27(5)6)35(24)14/h1-17H3. The third-order valence-electron chi connectivity index (χ3n) is 10.3. The van der Waals surface area contributed by atoms with E-state index in [1.807, 2.05) is 0 Å². The summed E-state index contributed by atoms with van der Waals surface area (Å²) < 4.78 is 27.4. The van der Waals surface area contributed by atoms with E-state index in [1.165, 1.54) is 0 Å². The molecule has 3 fully saturated rings. The number of hydrogen-bond donors (Lipinski definition) is 0. The molecule has 0 N–H and O–H groups in total. The Morgan fingerprint density at radius 1 is 0.316 bits per heavy atom. The van der Waals surface area contributed by atoms with Gasteiger partial charge in [-0.1, -0.05) is 27.3 Å². The summed E-state index contributed by atoms with van der Waals surface area (Å²) in [5, 5.41) is 0. The molecule has 0 aromatic rings. The van der Waals surface area contributed by atoms with Crippen LogP contribution in [0.1, 0.15) is 0 Å². The van der Waals surface area contributed by atoms with Crippen molar-refractivity contribution in [2.45, 2.75) is 27.3 Å². The summed E-state index contributed by atoms with van der Waals surface area (Å²) in [6.45, 7) is 10.5. The fourth-order valence-corrected chi connectivity index (χ4v) is 7.56. The van der Waals surface area contributed by atoms with Gasteiger partial charge in [0.05, 0.1) is 0 Å². The van der Waals surface area contributed by atoms with E-state index in [9.17, 15) is 0 Å². The zero-order valence-electron chi connectivity index (χ0n) is 27.6. The first-order chi connectivity index (χ1) is 17.5. The maximum atomic E-state index is 2.54. The predicted octanol–water partition coefficient (Wildman–Crippen LogP) is -2.76. The van der Waals surface area contributed by atoms with Gasteiger partial charge in [-0.15, -0.1) is 0 Å². The van der Waals surface area contributed by atoms with Crippen LogP contribution in [-0.4, -0.2) is 212 Å². The highest BCUT2D eigenvalue weighted by Crippen LogP contribution is 2.26. The van der Waals surface area contributed by atoms with Gasteiger partial charge in [0.2, 0.25) is 0 Å². The highest BCUT2D eigenvalue weighted by atomic mass is 15.5. The van der Waals surface area contributed by atoms with Gasteiger partial charge in [0, 0.05) is 0 Å². The smallest absolute Gasteiger partial charge is 0.360 e. The summed E-state index contributed by atoms with van der Waals surface area (Å²) in [6, 6.07) is 0. The molecule has 21 heteroatoms. The highest BCUT2D eigenvalue weighted by molar-refractivity contribution is 6.93. The summed E-state index contributed by atoms with van der Waals surface area (Å²) in [6.07, 6.45) is 0. The fraction of sp³-hybridized carbons (Fsp3) is 1.00. The highest BCUT2D eigenvalue weighted by Gasteiger charge is 2.59. The third kappa shape index (κ3) is 5.24. The molecule has 3 aliphatic heterocycles. The van der Waals surface area contributed by atoms with Gasteiger partial charge in [0.1, 0.15) is 0 Å². The van der Waals surface area contributed by atoms with Gasteiger partial charge in [0.25, 0.3) is 27.9 Å². The van der Waals surface area contributed by atoms with E-state index >= 15 is 0 Å². The van der Waals surface area contributed by atoms with E-state index < -0.39 is 0 Å². The lowest BCUT2D eigenvalue weighted by atomic mass is 9.43. The van der Waals surface area contributed by atoms with E-state index in [0.29, 0.717) is 20.9 Å². The third-order valence-corrected chi connectivity index (χ3v) is 10.3. The van der Waals surface area contributed by atoms with Gasteiger partial charge in [-0.2, -0.15) is 0 Å². The van der Waals surface area contributed by atoms with Crippen molar-refractivity contribution in [3.63, 3.8) is 0 Å². The van der Waals surface area contributed by atoms with Crippen molar-refractivity contribution in [1.82, 2.24) is 56.8 Å². The minimum absolute atomic E-state index is 0.0960. The van der Waals surface area contributed by atoms with Crippen LogP contribution in [0.15, 0.2) is 0 Å². The van der Waals surface area contributed by atoms with Crippen LogP contribution in [0.2, 0.25) is 27.3 Å². The fourth-order valence-electron chi connectivity index (χ4n) is 7.56. The first kappa shape index (κ1) is 32.6. The zero-order valence-corrected chi connectivity index (χ0v) is 27.6. The molecule has 206 valence electrons. The maximum absolute atomic E-state index is 2.54. The number of rotatable bonds is 5. The van der Waals surface area contributed by atoms with Crippen molar-refractivity contribution in [2.24, 2.45) is 0 Å². The minimum atomic E-state index is 0.0960. The van der Waals surface area contributed by atoms with E-state index in [2.05, 4.69) is 176 Å². The Morgan fingerprint density at radius 3 is 0.816 bits per heavy atom. The van der Waals surface area contributed by atoms with E-state index in [4.69, 9.17) is 0 Å². The largest absolute Gasteiger partial charge is 0.382 e. The summed E-state index contributed by atoms with van der Waals surface area (Å²) in [4.78, 5) is 2.31. The van der Waals surface area contributed by atoms with E-state index in [0.717, 1.165) is 0 Å². The maximum Gasteiger partial charge on any atom is 0.382 e. The van der Waals surface area contributed by atoms with Gasteiger partial charge in [-0.05, 0) is 91.6 Å². The quantitative estimate of drug-likeness (QED) is 0.353. The van der Waals surface area contributed by atoms with Crippen molar-refractivity contribution >= 4 is 63.5 Å². The SMILES string of the molecule is CB1N(C)B(C)N(C)B(N(C)B2N(C)B(C)N(C)B(N(C)B3N(C)B(C)N(C)B(N(C)C)N3C)N2C)N1C. The summed E-state index contributed by atoms with van der Waals surface area (Å²) in [7, 11) is 29.8. The summed E-state index contributed by atoms with van der Waals surface area (Å²) >= 11 is 0. The predicted molar refractivity (Wildman–Crippen MR) is 174 cm³/mol. The Labute approximate surface area is 239 Å². The Kier molecular flexibility index (Phi) is 10.4. The molecule has 3 rings (SSSR count). The molecule has 38 heavy (non-hydrogen) atoms. The lowest BCUT2D eigenvalue weighted by Crippen LogP contribution is -2.88. The molecule has 0 aromatic heterocycles. The second-order valence-corrected chi connectivity index (χ2v) is 12.5. The average Bonchev–Trinajstić information content (AvgIpc) is 2.83. The molecule has 0 aliphatic carbocycles. The molecule has 0 atom stereocenters. The molecule has 0 spiro atoms. The Morgan fingerprint density at radius 2 is 0.526 bits per heavy atom. The molecule has 12 nitrogen and oxygen atoms in total. The van der Waals surface area contributed by atoms with Gasteiger partial charge in [-0.25, -0.2) is 0 Å².